The van der Waals surface area contributed by atoms with Crippen LogP contribution in [-0.2, 0) is 19.5 Å². The summed E-state index contributed by atoms with van der Waals surface area (Å²) in [5.74, 6) is 1.29. The fourth-order valence-electron chi connectivity index (χ4n) is 2.76. The highest BCUT2D eigenvalue weighted by Gasteiger charge is 2.28. The molecule has 0 saturated heterocycles. The molecule has 0 fully saturated rings. The molecule has 1 aromatic carbocycles. The van der Waals surface area contributed by atoms with Crippen LogP contribution in [0.4, 0.5) is 0 Å². The van der Waals surface area contributed by atoms with Crippen molar-refractivity contribution in [3.8, 4) is 17.3 Å². The van der Waals surface area contributed by atoms with Gasteiger partial charge in [-0.2, -0.15) is 5.26 Å². The van der Waals surface area contributed by atoms with Crippen LogP contribution in [-0.4, -0.2) is 4.57 Å². The van der Waals surface area contributed by atoms with Gasteiger partial charge < -0.3 is 12.4 Å². The molecular formula is C15H14Cl3N3. The molecule has 0 bridgehead atoms. The number of imidazole rings is 1. The summed E-state index contributed by atoms with van der Waals surface area (Å²) in [6, 6.07) is 7.92. The van der Waals surface area contributed by atoms with Crippen LogP contribution < -0.4 is 17.0 Å². The van der Waals surface area contributed by atoms with Gasteiger partial charge in [0.15, 0.2) is 5.69 Å². The lowest BCUT2D eigenvalue weighted by atomic mass is 10.1. The Morgan fingerprint density at radius 2 is 2.10 bits per heavy atom. The number of hydrogen-bond acceptors (Lipinski definition) is 1. The van der Waals surface area contributed by atoms with Gasteiger partial charge in [0.1, 0.15) is 12.7 Å². The topological polar surface area (TPSA) is 32.6 Å². The monoisotopic (exact) mass is 341 g/mol. The van der Waals surface area contributed by atoms with Gasteiger partial charge in [0.05, 0.1) is 35.5 Å². The first kappa shape index (κ1) is 16.2. The molecule has 0 N–H and O–H groups in total. The molecule has 3 nitrogen and oxygen atoms in total. The van der Waals surface area contributed by atoms with Gasteiger partial charge >= 0.3 is 0 Å². The van der Waals surface area contributed by atoms with Gasteiger partial charge in [0.25, 0.3) is 5.82 Å². The van der Waals surface area contributed by atoms with Crippen molar-refractivity contribution in [3.05, 3.63) is 40.3 Å². The van der Waals surface area contributed by atoms with E-state index in [1.807, 2.05) is 18.2 Å². The number of nitriles is 1. The molecule has 0 aliphatic carbocycles. The number of fused-ring (bicyclic) bond motifs is 1. The zero-order valence-electron chi connectivity index (χ0n) is 11.3. The Morgan fingerprint density at radius 1 is 1.29 bits per heavy atom. The number of aromatic nitrogens is 2. The molecule has 0 spiro atoms. The Bertz CT molecular complexity index is 701. The van der Waals surface area contributed by atoms with Gasteiger partial charge in [-0.1, -0.05) is 23.2 Å². The second-order valence-corrected chi connectivity index (χ2v) is 5.73. The van der Waals surface area contributed by atoms with E-state index in [9.17, 15) is 0 Å². The molecule has 2 aromatic rings. The standard InChI is InChI=1S/C15H14Cl2N3.ClH/c16-12-5-4-11(9-13(12)17)14-10-19(7-2-6-18)15-3-1-8-20(14)15;/h4-5,9-10H,1-3,7-8H2;1H/q+1;/p-1. The summed E-state index contributed by atoms with van der Waals surface area (Å²) in [5, 5.41) is 9.91. The lowest BCUT2D eigenvalue weighted by Gasteiger charge is -2.01. The summed E-state index contributed by atoms with van der Waals surface area (Å²) in [6.07, 6.45) is 4.86. The number of aryl methyl sites for hydroxylation is 1. The van der Waals surface area contributed by atoms with Gasteiger partial charge in [-0.3, -0.25) is 0 Å². The number of halogens is 3. The molecule has 2 heterocycles. The average molecular weight is 343 g/mol. The van der Waals surface area contributed by atoms with Crippen LogP contribution in [0.3, 0.4) is 0 Å². The van der Waals surface area contributed by atoms with Crippen molar-refractivity contribution in [3.63, 3.8) is 0 Å². The van der Waals surface area contributed by atoms with E-state index < -0.39 is 0 Å². The molecule has 1 aliphatic heterocycles. The van der Waals surface area contributed by atoms with Crippen molar-refractivity contribution in [1.29, 1.82) is 5.26 Å². The Hall–Kier alpha value is -1.21. The third kappa shape index (κ3) is 3.03. The molecular weight excluding hydrogens is 329 g/mol. The van der Waals surface area contributed by atoms with Crippen molar-refractivity contribution in [1.82, 2.24) is 4.57 Å². The summed E-state index contributed by atoms with van der Waals surface area (Å²) in [4.78, 5) is 0. The van der Waals surface area contributed by atoms with Crippen molar-refractivity contribution in [2.24, 2.45) is 0 Å². The fourth-order valence-corrected chi connectivity index (χ4v) is 3.06. The van der Waals surface area contributed by atoms with E-state index in [0.29, 0.717) is 16.5 Å². The third-order valence-electron chi connectivity index (χ3n) is 3.67. The third-order valence-corrected chi connectivity index (χ3v) is 4.41. The molecule has 0 atom stereocenters. The minimum atomic E-state index is 0. The molecule has 0 unspecified atom stereocenters. The lowest BCUT2D eigenvalue weighted by molar-refractivity contribution is -0.701. The number of rotatable bonds is 3. The largest absolute Gasteiger partial charge is 1.00 e. The molecule has 1 aromatic heterocycles. The first-order valence-electron chi connectivity index (χ1n) is 6.65. The molecule has 21 heavy (non-hydrogen) atoms. The summed E-state index contributed by atoms with van der Waals surface area (Å²) in [6.45, 7) is 1.76. The van der Waals surface area contributed by atoms with Crippen molar-refractivity contribution >= 4 is 23.2 Å². The minimum absolute atomic E-state index is 0. The smallest absolute Gasteiger partial charge is 0.257 e. The number of nitrogens with zero attached hydrogens (tertiary/aromatic N) is 3. The second kappa shape index (κ2) is 6.70. The summed E-state index contributed by atoms with van der Waals surface area (Å²) in [5.41, 5.74) is 2.22. The first-order chi connectivity index (χ1) is 9.70. The maximum absolute atomic E-state index is 8.76. The molecule has 0 saturated carbocycles. The Labute approximate surface area is 140 Å². The van der Waals surface area contributed by atoms with E-state index >= 15 is 0 Å². The quantitative estimate of drug-likeness (QED) is 0.753. The Kier molecular flexibility index (Phi) is 5.16. The zero-order chi connectivity index (χ0) is 14.1. The summed E-state index contributed by atoms with van der Waals surface area (Å²) in [7, 11) is 0. The molecule has 1 aliphatic rings. The van der Waals surface area contributed by atoms with Gasteiger partial charge in [-0.25, -0.2) is 9.13 Å². The Morgan fingerprint density at radius 3 is 2.81 bits per heavy atom. The van der Waals surface area contributed by atoms with Crippen LogP contribution in [0.15, 0.2) is 24.4 Å². The number of hydrogen-bond donors (Lipinski definition) is 0. The van der Waals surface area contributed by atoms with E-state index in [2.05, 4.69) is 21.4 Å². The average Bonchev–Trinajstić information content (AvgIpc) is 3.02. The molecule has 110 valence electrons. The van der Waals surface area contributed by atoms with Crippen molar-refractivity contribution in [2.45, 2.75) is 32.4 Å². The SMILES string of the molecule is N#CCC[n+]1cc(-c2ccc(Cl)c(Cl)c2)n2c1CCC2.[Cl-]. The van der Waals surface area contributed by atoms with E-state index in [-0.39, 0.29) is 12.4 Å². The van der Waals surface area contributed by atoms with E-state index in [1.165, 1.54) is 5.82 Å². The summed E-state index contributed by atoms with van der Waals surface area (Å²) < 4.78 is 4.50. The molecule has 0 amide bonds. The molecule has 0 radical (unpaired) electrons. The zero-order valence-corrected chi connectivity index (χ0v) is 13.6. The maximum Gasteiger partial charge on any atom is 0.257 e. The van der Waals surface area contributed by atoms with Gasteiger partial charge in [0.2, 0.25) is 0 Å². The lowest BCUT2D eigenvalue weighted by Crippen LogP contribution is -3.00. The first-order valence-corrected chi connectivity index (χ1v) is 7.40. The van der Waals surface area contributed by atoms with E-state index in [0.717, 1.165) is 37.2 Å². The van der Waals surface area contributed by atoms with Gasteiger partial charge in [-0.05, 0) is 24.6 Å². The van der Waals surface area contributed by atoms with Crippen LogP contribution in [0.2, 0.25) is 10.0 Å². The van der Waals surface area contributed by atoms with Crippen LogP contribution in [0, 0.1) is 11.3 Å². The van der Waals surface area contributed by atoms with E-state index in [4.69, 9.17) is 28.5 Å². The predicted molar refractivity (Wildman–Crippen MR) is 78.6 cm³/mol. The fraction of sp³-hybridized carbons (Fsp3) is 0.333. The maximum atomic E-state index is 8.76. The minimum Gasteiger partial charge on any atom is -1.00 e. The number of benzene rings is 1. The van der Waals surface area contributed by atoms with Crippen molar-refractivity contribution in [2.75, 3.05) is 0 Å². The molecule has 3 rings (SSSR count). The van der Waals surface area contributed by atoms with Crippen molar-refractivity contribution < 1.29 is 17.0 Å². The van der Waals surface area contributed by atoms with Crippen LogP contribution >= 0.6 is 23.2 Å². The van der Waals surface area contributed by atoms with Gasteiger partial charge in [0, 0.05) is 5.56 Å². The summed E-state index contributed by atoms with van der Waals surface area (Å²) >= 11 is 12.1. The highest BCUT2D eigenvalue weighted by atomic mass is 35.5. The molecule has 6 heteroatoms. The highest BCUT2D eigenvalue weighted by Crippen LogP contribution is 2.30. The Balaban J connectivity index is 0.00000161. The van der Waals surface area contributed by atoms with E-state index in [1.54, 1.807) is 0 Å². The van der Waals surface area contributed by atoms with Gasteiger partial charge in [-0.15, -0.1) is 0 Å². The van der Waals surface area contributed by atoms with Crippen LogP contribution in [0.25, 0.3) is 11.3 Å². The predicted octanol–water partition coefficient (Wildman–Crippen LogP) is 0.613. The highest BCUT2D eigenvalue weighted by molar-refractivity contribution is 6.42. The van der Waals surface area contributed by atoms with Crippen LogP contribution in [0.5, 0.6) is 0 Å². The van der Waals surface area contributed by atoms with Crippen LogP contribution in [0.1, 0.15) is 18.7 Å². The second-order valence-electron chi connectivity index (χ2n) is 4.92. The normalized spacial score (nSPS) is 12.6.